The standard InChI is InChI=1S/C26H40FN7O/c1-8-10-11-17(16(3)4)14-31-25-21(27)13-20(23(28)35)24(33-25)32-18-12-19(22(9-2)30-15-18)26(29-5)34(6)7/h12-13,15-17H,8-11,14H2,1-7H3,(H2,28,35)(H2,31,32,33)/b29-26+/t17-/m0/s1. The van der Waals surface area contributed by atoms with E-state index in [1.807, 2.05) is 32.0 Å². The predicted molar refractivity (Wildman–Crippen MR) is 142 cm³/mol. The van der Waals surface area contributed by atoms with Gasteiger partial charge in [0.05, 0.1) is 23.1 Å². The number of halogens is 1. The summed E-state index contributed by atoms with van der Waals surface area (Å²) in [7, 11) is 5.55. The molecule has 0 radical (unpaired) electrons. The van der Waals surface area contributed by atoms with Gasteiger partial charge in [-0.2, -0.15) is 0 Å². The van der Waals surface area contributed by atoms with Crippen molar-refractivity contribution in [1.29, 1.82) is 0 Å². The lowest BCUT2D eigenvalue weighted by molar-refractivity contribution is 0.100. The first-order valence-corrected chi connectivity index (χ1v) is 12.3. The van der Waals surface area contributed by atoms with E-state index in [0.29, 0.717) is 24.1 Å². The molecule has 8 nitrogen and oxygen atoms in total. The molecular formula is C26H40FN7O. The second-order valence-electron chi connectivity index (χ2n) is 9.24. The van der Waals surface area contributed by atoms with Gasteiger partial charge in [0, 0.05) is 33.3 Å². The van der Waals surface area contributed by atoms with Gasteiger partial charge in [0.25, 0.3) is 5.91 Å². The molecule has 1 amide bonds. The van der Waals surface area contributed by atoms with E-state index >= 15 is 0 Å². The summed E-state index contributed by atoms with van der Waals surface area (Å²) in [6.07, 6.45) is 5.68. The zero-order valence-corrected chi connectivity index (χ0v) is 22.1. The number of anilines is 3. The highest BCUT2D eigenvalue weighted by molar-refractivity contribution is 6.01. The van der Waals surface area contributed by atoms with E-state index in [4.69, 9.17) is 5.73 Å². The summed E-state index contributed by atoms with van der Waals surface area (Å²) in [6.45, 7) is 9.11. The molecule has 35 heavy (non-hydrogen) atoms. The van der Waals surface area contributed by atoms with Crippen LogP contribution in [0.1, 0.15) is 68.6 Å². The number of primary amides is 1. The number of amides is 1. The van der Waals surface area contributed by atoms with Crippen LogP contribution in [0.3, 0.4) is 0 Å². The van der Waals surface area contributed by atoms with Crippen LogP contribution in [0.4, 0.5) is 21.7 Å². The molecule has 4 N–H and O–H groups in total. The minimum absolute atomic E-state index is 0.0300. The molecule has 0 aliphatic rings. The number of carbonyl (C=O) groups is 1. The van der Waals surface area contributed by atoms with Crippen LogP contribution >= 0.6 is 0 Å². The Morgan fingerprint density at radius 2 is 1.91 bits per heavy atom. The summed E-state index contributed by atoms with van der Waals surface area (Å²) >= 11 is 0. The van der Waals surface area contributed by atoms with Crippen molar-refractivity contribution in [2.45, 2.75) is 53.4 Å². The van der Waals surface area contributed by atoms with Gasteiger partial charge in [-0.15, -0.1) is 0 Å². The number of aromatic nitrogens is 2. The van der Waals surface area contributed by atoms with Gasteiger partial charge in [0.1, 0.15) is 11.7 Å². The number of nitrogens with one attached hydrogen (secondary N) is 2. The predicted octanol–water partition coefficient (Wildman–Crippen LogP) is 4.83. The third-order valence-corrected chi connectivity index (χ3v) is 6.09. The number of hydrogen-bond acceptors (Lipinski definition) is 6. The van der Waals surface area contributed by atoms with E-state index in [1.54, 1.807) is 13.2 Å². The Labute approximate surface area is 208 Å². The molecule has 0 aliphatic carbocycles. The normalized spacial score (nSPS) is 12.5. The number of nitrogens with zero attached hydrogens (tertiary/aromatic N) is 4. The van der Waals surface area contributed by atoms with E-state index in [2.05, 4.69) is 46.4 Å². The molecule has 0 aliphatic heterocycles. The number of amidine groups is 1. The van der Waals surface area contributed by atoms with Crippen LogP contribution in [-0.4, -0.2) is 54.3 Å². The Balaban J connectivity index is 2.42. The van der Waals surface area contributed by atoms with Gasteiger partial charge in [-0.3, -0.25) is 14.8 Å². The van der Waals surface area contributed by atoms with Crippen molar-refractivity contribution in [1.82, 2.24) is 14.9 Å². The van der Waals surface area contributed by atoms with Crippen molar-refractivity contribution in [2.75, 3.05) is 38.3 Å². The second kappa shape index (κ2) is 13.0. The number of aliphatic imine (C=N–C) groups is 1. The van der Waals surface area contributed by atoms with Crippen molar-refractivity contribution < 1.29 is 9.18 Å². The molecule has 2 aromatic rings. The van der Waals surface area contributed by atoms with Crippen LogP contribution in [0.5, 0.6) is 0 Å². The zero-order valence-electron chi connectivity index (χ0n) is 22.1. The Morgan fingerprint density at radius 3 is 2.46 bits per heavy atom. The number of aryl methyl sites for hydroxylation is 1. The Bertz CT molecular complexity index is 1040. The van der Waals surface area contributed by atoms with Crippen molar-refractivity contribution in [3.63, 3.8) is 0 Å². The fourth-order valence-corrected chi connectivity index (χ4v) is 4.00. The maximum absolute atomic E-state index is 14.8. The summed E-state index contributed by atoms with van der Waals surface area (Å²) in [6, 6.07) is 3.03. The van der Waals surface area contributed by atoms with Gasteiger partial charge in [-0.05, 0) is 36.8 Å². The summed E-state index contributed by atoms with van der Waals surface area (Å²) in [4.78, 5) is 27.3. The summed E-state index contributed by atoms with van der Waals surface area (Å²) in [5.74, 6) is 0.484. The Morgan fingerprint density at radius 1 is 1.20 bits per heavy atom. The molecule has 0 aromatic carbocycles. The van der Waals surface area contributed by atoms with Crippen LogP contribution in [0, 0.1) is 17.7 Å². The van der Waals surface area contributed by atoms with E-state index < -0.39 is 11.7 Å². The molecule has 2 heterocycles. The fraction of sp³-hybridized carbons (Fsp3) is 0.538. The van der Waals surface area contributed by atoms with Crippen molar-refractivity contribution in [3.05, 3.63) is 41.0 Å². The lowest BCUT2D eigenvalue weighted by Gasteiger charge is -2.22. The molecule has 1 atom stereocenters. The van der Waals surface area contributed by atoms with Crippen molar-refractivity contribution >= 4 is 29.1 Å². The lowest BCUT2D eigenvalue weighted by atomic mass is 9.90. The van der Waals surface area contributed by atoms with Crippen LogP contribution < -0.4 is 16.4 Å². The summed E-state index contributed by atoms with van der Waals surface area (Å²) in [5.41, 5.74) is 7.86. The largest absolute Gasteiger partial charge is 0.367 e. The molecule has 0 fully saturated rings. The highest BCUT2D eigenvalue weighted by Gasteiger charge is 2.19. The maximum atomic E-state index is 14.8. The number of hydrogen-bond donors (Lipinski definition) is 3. The van der Waals surface area contributed by atoms with Gasteiger partial charge < -0.3 is 21.3 Å². The Kier molecular flexibility index (Phi) is 10.4. The lowest BCUT2D eigenvalue weighted by Crippen LogP contribution is -2.25. The molecule has 0 spiro atoms. The van der Waals surface area contributed by atoms with E-state index in [-0.39, 0.29) is 17.2 Å². The second-order valence-corrected chi connectivity index (χ2v) is 9.24. The van der Waals surface area contributed by atoms with Crippen molar-refractivity contribution in [2.24, 2.45) is 22.6 Å². The van der Waals surface area contributed by atoms with Gasteiger partial charge in [-0.25, -0.2) is 9.37 Å². The molecule has 2 rings (SSSR count). The number of carbonyl (C=O) groups excluding carboxylic acids is 1. The van der Waals surface area contributed by atoms with Crippen LogP contribution in [0.25, 0.3) is 0 Å². The highest BCUT2D eigenvalue weighted by Crippen LogP contribution is 2.26. The van der Waals surface area contributed by atoms with E-state index in [1.165, 1.54) is 0 Å². The molecule has 2 aromatic heterocycles. The average Bonchev–Trinajstić information content (AvgIpc) is 2.80. The highest BCUT2D eigenvalue weighted by atomic mass is 19.1. The molecule has 192 valence electrons. The third kappa shape index (κ3) is 7.37. The first-order valence-electron chi connectivity index (χ1n) is 12.3. The molecule has 0 unspecified atom stereocenters. The van der Waals surface area contributed by atoms with Crippen LogP contribution in [0.15, 0.2) is 23.3 Å². The van der Waals surface area contributed by atoms with E-state index in [0.717, 1.165) is 48.8 Å². The zero-order chi connectivity index (χ0) is 26.1. The molecule has 0 bridgehead atoms. The minimum atomic E-state index is -0.768. The number of pyridine rings is 2. The maximum Gasteiger partial charge on any atom is 0.252 e. The van der Waals surface area contributed by atoms with Gasteiger partial charge in [0.15, 0.2) is 11.6 Å². The monoisotopic (exact) mass is 485 g/mol. The fourth-order valence-electron chi connectivity index (χ4n) is 4.00. The molecule has 0 saturated carbocycles. The Hall–Kier alpha value is -3.23. The quantitative estimate of drug-likeness (QED) is 0.293. The van der Waals surface area contributed by atoms with Crippen molar-refractivity contribution in [3.8, 4) is 0 Å². The minimum Gasteiger partial charge on any atom is -0.367 e. The molecule has 9 heteroatoms. The molecule has 0 saturated heterocycles. The summed E-state index contributed by atoms with van der Waals surface area (Å²) in [5, 5.41) is 6.27. The summed E-state index contributed by atoms with van der Waals surface area (Å²) < 4.78 is 14.8. The molecular weight excluding hydrogens is 445 g/mol. The number of unbranched alkanes of at least 4 members (excludes halogenated alkanes) is 1. The SMILES string of the molecule is CCCC[C@@H](CNc1nc(Nc2cnc(CC)c(/C(=N\C)N(C)C)c2)c(C(N)=O)cc1F)C(C)C. The van der Waals surface area contributed by atoms with Gasteiger partial charge >= 0.3 is 0 Å². The average molecular weight is 486 g/mol. The van der Waals surface area contributed by atoms with Crippen LogP contribution in [-0.2, 0) is 6.42 Å². The van der Waals surface area contributed by atoms with Crippen LogP contribution in [0.2, 0.25) is 0 Å². The smallest absolute Gasteiger partial charge is 0.252 e. The third-order valence-electron chi connectivity index (χ3n) is 6.09. The topological polar surface area (TPSA) is 109 Å². The number of rotatable bonds is 12. The first kappa shape index (κ1) is 28.0. The number of nitrogens with two attached hydrogens (primary N) is 1. The van der Waals surface area contributed by atoms with Gasteiger partial charge in [-0.1, -0.05) is 40.5 Å². The first-order chi connectivity index (χ1) is 16.6. The van der Waals surface area contributed by atoms with Gasteiger partial charge in [0.2, 0.25) is 0 Å². The van der Waals surface area contributed by atoms with E-state index in [9.17, 15) is 9.18 Å².